The molecule has 0 radical (unpaired) electrons. The summed E-state index contributed by atoms with van der Waals surface area (Å²) in [6, 6.07) is 6.14. The van der Waals surface area contributed by atoms with Crippen molar-refractivity contribution in [1.82, 2.24) is 5.32 Å². The van der Waals surface area contributed by atoms with Crippen LogP contribution in [0.3, 0.4) is 0 Å². The number of likely N-dealkylation sites (N-methyl/N-ethyl adjacent to an activating group) is 1. The summed E-state index contributed by atoms with van der Waals surface area (Å²) in [6.45, 7) is 5.94. The Labute approximate surface area is 108 Å². The summed E-state index contributed by atoms with van der Waals surface area (Å²) in [6.07, 6.45) is 0.290. The third-order valence-corrected chi connectivity index (χ3v) is 3.13. The first-order chi connectivity index (χ1) is 8.74. The van der Waals surface area contributed by atoms with Gasteiger partial charge in [-0.05, 0) is 25.1 Å². The van der Waals surface area contributed by atoms with Crippen LogP contribution in [-0.4, -0.2) is 31.0 Å². The van der Waals surface area contributed by atoms with Crippen molar-refractivity contribution in [2.24, 2.45) is 0 Å². The van der Waals surface area contributed by atoms with Gasteiger partial charge in [0.2, 0.25) is 0 Å². The quantitative estimate of drug-likeness (QED) is 0.810. The Bertz CT molecular complexity index is 395. The number of rotatable bonds is 6. The van der Waals surface area contributed by atoms with E-state index in [0.29, 0.717) is 19.6 Å². The molecule has 0 saturated heterocycles. The molecular weight excluding hydrogens is 230 g/mol. The summed E-state index contributed by atoms with van der Waals surface area (Å²) in [4.78, 5) is 0. The van der Waals surface area contributed by atoms with Gasteiger partial charge in [0.25, 0.3) is 0 Å². The molecule has 0 fully saturated rings. The summed E-state index contributed by atoms with van der Waals surface area (Å²) in [5, 5.41) is 12.8. The van der Waals surface area contributed by atoms with Crippen LogP contribution in [0, 0.1) is 0 Å². The molecule has 100 valence electrons. The zero-order chi connectivity index (χ0) is 13.0. The maximum atomic E-state index is 9.46. The largest absolute Gasteiger partial charge is 0.491 e. The third-order valence-electron chi connectivity index (χ3n) is 3.13. The van der Waals surface area contributed by atoms with Gasteiger partial charge in [-0.25, -0.2) is 0 Å². The molecule has 0 aromatic heterocycles. The molecule has 0 amide bonds. The van der Waals surface area contributed by atoms with Gasteiger partial charge in [0, 0.05) is 11.6 Å². The van der Waals surface area contributed by atoms with E-state index >= 15 is 0 Å². The monoisotopic (exact) mass is 251 g/mol. The minimum atomic E-state index is -0.409. The molecule has 2 rings (SSSR count). The van der Waals surface area contributed by atoms with Crippen LogP contribution in [0.4, 0.5) is 0 Å². The normalized spacial score (nSPS) is 19.2. The zero-order valence-corrected chi connectivity index (χ0v) is 11.0. The van der Waals surface area contributed by atoms with Gasteiger partial charge in [0.15, 0.2) is 0 Å². The molecule has 18 heavy (non-hydrogen) atoms. The Morgan fingerprint density at radius 1 is 1.50 bits per heavy atom. The smallest absolute Gasteiger partial charge is 0.127 e. The lowest BCUT2D eigenvalue weighted by molar-refractivity contribution is 0.104. The average Bonchev–Trinajstić information content (AvgIpc) is 2.79. The number of hydrogen-bond acceptors (Lipinski definition) is 4. The Hall–Kier alpha value is -1.26. The molecule has 1 aliphatic rings. The summed E-state index contributed by atoms with van der Waals surface area (Å²) < 4.78 is 11.2. The molecule has 2 unspecified atom stereocenters. The molecule has 0 spiro atoms. The van der Waals surface area contributed by atoms with E-state index in [1.807, 2.05) is 25.1 Å². The second kappa shape index (κ2) is 6.07. The van der Waals surface area contributed by atoms with Crippen molar-refractivity contribution in [3.63, 3.8) is 0 Å². The van der Waals surface area contributed by atoms with Crippen LogP contribution in [0.2, 0.25) is 0 Å². The van der Waals surface area contributed by atoms with Gasteiger partial charge in [-0.3, -0.25) is 0 Å². The summed E-state index contributed by atoms with van der Waals surface area (Å²) in [5.74, 6) is 1.63. The molecule has 4 nitrogen and oxygen atoms in total. The van der Waals surface area contributed by atoms with E-state index in [1.54, 1.807) is 0 Å². The fourth-order valence-corrected chi connectivity index (χ4v) is 2.01. The minimum absolute atomic E-state index is 0.278. The predicted octanol–water partition coefficient (Wildman–Crippen LogP) is 1.88. The van der Waals surface area contributed by atoms with E-state index in [2.05, 4.69) is 12.2 Å². The predicted molar refractivity (Wildman–Crippen MR) is 70.1 cm³/mol. The first-order valence-electron chi connectivity index (χ1n) is 6.55. The van der Waals surface area contributed by atoms with Gasteiger partial charge in [0.05, 0.1) is 12.1 Å². The van der Waals surface area contributed by atoms with Crippen LogP contribution in [0.5, 0.6) is 11.5 Å². The van der Waals surface area contributed by atoms with Gasteiger partial charge >= 0.3 is 0 Å². The van der Waals surface area contributed by atoms with E-state index < -0.39 is 6.10 Å². The molecule has 0 saturated carbocycles. The third kappa shape index (κ3) is 2.94. The molecule has 2 atom stereocenters. The Balaban J connectivity index is 2.00. The summed E-state index contributed by atoms with van der Waals surface area (Å²) in [5.41, 5.74) is 1.18. The van der Waals surface area contributed by atoms with E-state index in [0.717, 1.165) is 18.0 Å². The highest BCUT2D eigenvalue weighted by Gasteiger charge is 2.23. The van der Waals surface area contributed by atoms with Crippen LogP contribution >= 0.6 is 0 Å². The van der Waals surface area contributed by atoms with E-state index in [4.69, 9.17) is 9.47 Å². The van der Waals surface area contributed by atoms with E-state index in [1.165, 1.54) is 5.56 Å². The van der Waals surface area contributed by atoms with Crippen molar-refractivity contribution in [1.29, 1.82) is 0 Å². The first-order valence-corrected chi connectivity index (χ1v) is 6.55. The van der Waals surface area contributed by atoms with Crippen LogP contribution in [0.25, 0.3) is 0 Å². The molecule has 1 aromatic rings. The summed E-state index contributed by atoms with van der Waals surface area (Å²) in [7, 11) is 0. The van der Waals surface area contributed by atoms with Gasteiger partial charge < -0.3 is 19.9 Å². The van der Waals surface area contributed by atoms with Crippen molar-refractivity contribution in [2.75, 3.05) is 19.8 Å². The highest BCUT2D eigenvalue weighted by Crippen LogP contribution is 2.35. The number of nitrogens with one attached hydrogen (secondary N) is 1. The maximum absolute atomic E-state index is 9.46. The van der Waals surface area contributed by atoms with Crippen molar-refractivity contribution in [2.45, 2.75) is 32.4 Å². The molecule has 1 heterocycles. The molecule has 4 heteroatoms. The highest BCUT2D eigenvalue weighted by molar-refractivity contribution is 5.45. The summed E-state index contributed by atoms with van der Waals surface area (Å²) >= 11 is 0. The molecule has 1 aromatic carbocycles. The van der Waals surface area contributed by atoms with Crippen molar-refractivity contribution < 1.29 is 14.6 Å². The van der Waals surface area contributed by atoms with Gasteiger partial charge in [-0.2, -0.15) is 0 Å². The number of benzene rings is 1. The van der Waals surface area contributed by atoms with Gasteiger partial charge in [-0.1, -0.05) is 13.8 Å². The van der Waals surface area contributed by atoms with Crippen molar-refractivity contribution in [3.8, 4) is 11.5 Å². The fourth-order valence-electron chi connectivity index (χ4n) is 2.01. The number of fused-ring (bicyclic) bond motifs is 1. The highest BCUT2D eigenvalue weighted by atomic mass is 16.5. The number of aliphatic hydroxyl groups is 1. The Morgan fingerprint density at radius 3 is 3.06 bits per heavy atom. The Morgan fingerprint density at radius 2 is 2.33 bits per heavy atom. The van der Waals surface area contributed by atoms with Crippen molar-refractivity contribution >= 4 is 0 Å². The van der Waals surface area contributed by atoms with Gasteiger partial charge in [0.1, 0.15) is 24.7 Å². The minimum Gasteiger partial charge on any atom is -0.491 e. The lowest BCUT2D eigenvalue weighted by Crippen LogP contribution is -2.21. The van der Waals surface area contributed by atoms with E-state index in [-0.39, 0.29) is 6.04 Å². The Kier molecular flexibility index (Phi) is 4.44. The maximum Gasteiger partial charge on any atom is 0.127 e. The van der Waals surface area contributed by atoms with Crippen LogP contribution < -0.4 is 14.8 Å². The van der Waals surface area contributed by atoms with Crippen molar-refractivity contribution in [3.05, 3.63) is 23.8 Å². The molecule has 2 N–H and O–H groups in total. The number of hydrogen-bond donors (Lipinski definition) is 2. The SMILES string of the molecule is CCNC1COc2cc(OCC(O)CC)ccc21. The van der Waals surface area contributed by atoms with Crippen LogP contribution in [0.15, 0.2) is 18.2 Å². The number of ether oxygens (including phenoxy) is 2. The van der Waals surface area contributed by atoms with Crippen LogP contribution in [-0.2, 0) is 0 Å². The van der Waals surface area contributed by atoms with Crippen LogP contribution in [0.1, 0.15) is 31.9 Å². The average molecular weight is 251 g/mol. The standard InChI is InChI=1S/C14H21NO3/c1-3-10(16)8-17-11-5-6-12-13(15-4-2)9-18-14(12)7-11/h5-7,10,13,15-16H,3-4,8-9H2,1-2H3. The van der Waals surface area contributed by atoms with E-state index in [9.17, 15) is 5.11 Å². The molecular formula is C14H21NO3. The number of aliphatic hydroxyl groups excluding tert-OH is 1. The second-order valence-corrected chi connectivity index (χ2v) is 4.49. The van der Waals surface area contributed by atoms with Gasteiger partial charge in [-0.15, -0.1) is 0 Å². The topological polar surface area (TPSA) is 50.7 Å². The zero-order valence-electron chi connectivity index (χ0n) is 11.0. The molecule has 0 aliphatic carbocycles. The second-order valence-electron chi connectivity index (χ2n) is 4.49. The lowest BCUT2D eigenvalue weighted by atomic mass is 10.1. The molecule has 1 aliphatic heterocycles. The first kappa shape index (κ1) is 13.2. The fraction of sp³-hybridized carbons (Fsp3) is 0.571. The molecule has 0 bridgehead atoms. The lowest BCUT2D eigenvalue weighted by Gasteiger charge is -2.12.